The number of nitrogens with zero attached hydrogens (tertiary/aromatic N) is 2. The van der Waals surface area contributed by atoms with Crippen LogP contribution in [0.2, 0.25) is 0 Å². The summed E-state index contributed by atoms with van der Waals surface area (Å²) in [6, 6.07) is 28.6. The molecule has 3 aromatic carbocycles. The third kappa shape index (κ3) is 5.80. The van der Waals surface area contributed by atoms with E-state index in [9.17, 15) is 4.79 Å². The number of benzene rings is 3. The van der Waals surface area contributed by atoms with Gasteiger partial charge in [-0.05, 0) is 42.0 Å². The van der Waals surface area contributed by atoms with Crippen molar-refractivity contribution >= 4 is 17.5 Å². The van der Waals surface area contributed by atoms with E-state index < -0.39 is 0 Å². The van der Waals surface area contributed by atoms with Crippen LogP contribution in [0.15, 0.2) is 91.0 Å². The monoisotopic (exact) mass is 440 g/mol. The van der Waals surface area contributed by atoms with Gasteiger partial charge in [0.15, 0.2) is 0 Å². The van der Waals surface area contributed by atoms with Gasteiger partial charge in [0.1, 0.15) is 18.2 Å². The largest absolute Gasteiger partial charge is 0.489 e. The molecule has 33 heavy (non-hydrogen) atoms. The van der Waals surface area contributed by atoms with E-state index in [0.29, 0.717) is 18.1 Å². The number of rotatable bonds is 6. The molecule has 4 rings (SSSR count). The zero-order chi connectivity index (χ0) is 23.3. The number of anilines is 2. The Hall–Kier alpha value is -4.06. The minimum Gasteiger partial charge on any atom is -0.489 e. The number of hydrogen-bond acceptors (Lipinski definition) is 3. The van der Waals surface area contributed by atoms with Gasteiger partial charge in [-0.2, -0.15) is 5.10 Å². The predicted molar refractivity (Wildman–Crippen MR) is 132 cm³/mol. The fourth-order valence-electron chi connectivity index (χ4n) is 3.26. The van der Waals surface area contributed by atoms with E-state index in [1.807, 2.05) is 91.0 Å². The Morgan fingerprint density at radius 3 is 2.15 bits per heavy atom. The summed E-state index contributed by atoms with van der Waals surface area (Å²) in [5.41, 5.74) is 3.39. The van der Waals surface area contributed by atoms with Gasteiger partial charge in [0, 0.05) is 17.2 Å². The van der Waals surface area contributed by atoms with Crippen molar-refractivity contribution < 1.29 is 9.53 Å². The Morgan fingerprint density at radius 2 is 1.52 bits per heavy atom. The molecule has 0 radical (unpaired) electrons. The van der Waals surface area contributed by atoms with Gasteiger partial charge in [-0.25, -0.2) is 9.48 Å². The quantitative estimate of drug-likeness (QED) is 0.365. The molecule has 1 heterocycles. The van der Waals surface area contributed by atoms with Crippen molar-refractivity contribution in [3.8, 4) is 11.4 Å². The van der Waals surface area contributed by atoms with Crippen molar-refractivity contribution in [2.75, 3.05) is 10.6 Å². The fraction of sp³-hybridized carbons (Fsp3) is 0.185. The topological polar surface area (TPSA) is 68.2 Å². The van der Waals surface area contributed by atoms with E-state index in [2.05, 4.69) is 31.4 Å². The van der Waals surface area contributed by atoms with E-state index in [1.54, 1.807) is 4.68 Å². The molecular formula is C27H28N4O2. The normalized spacial score (nSPS) is 11.1. The number of aromatic nitrogens is 2. The number of amides is 2. The van der Waals surface area contributed by atoms with Crippen molar-refractivity contribution in [1.82, 2.24) is 9.78 Å². The molecule has 0 saturated heterocycles. The Bertz CT molecular complexity index is 1190. The Labute approximate surface area is 194 Å². The summed E-state index contributed by atoms with van der Waals surface area (Å²) < 4.78 is 7.56. The van der Waals surface area contributed by atoms with Crippen LogP contribution in [0, 0.1) is 0 Å². The SMILES string of the molecule is CC(C)(C)c1cc(NC(=O)Nc2ccc(OCc3ccccc3)cc2)n(-c2ccccc2)n1. The number of carbonyl (C=O) groups excluding carboxylic acids is 1. The zero-order valence-corrected chi connectivity index (χ0v) is 19.1. The van der Waals surface area contributed by atoms with Gasteiger partial charge in [-0.15, -0.1) is 0 Å². The number of nitrogens with one attached hydrogen (secondary N) is 2. The molecular weight excluding hydrogens is 412 g/mol. The molecule has 0 aliphatic carbocycles. The molecule has 0 saturated carbocycles. The molecule has 0 spiro atoms. The number of hydrogen-bond donors (Lipinski definition) is 2. The van der Waals surface area contributed by atoms with Gasteiger partial charge in [0.2, 0.25) is 0 Å². The molecule has 168 valence electrons. The highest BCUT2D eigenvalue weighted by Crippen LogP contribution is 2.26. The molecule has 2 amide bonds. The zero-order valence-electron chi connectivity index (χ0n) is 19.1. The first kappa shape index (κ1) is 22.1. The third-order valence-electron chi connectivity index (χ3n) is 5.08. The van der Waals surface area contributed by atoms with Crippen LogP contribution in [0.25, 0.3) is 5.69 Å². The Morgan fingerprint density at radius 1 is 0.879 bits per heavy atom. The van der Waals surface area contributed by atoms with Crippen LogP contribution in [-0.4, -0.2) is 15.8 Å². The number of urea groups is 1. The smallest absolute Gasteiger partial charge is 0.324 e. The van der Waals surface area contributed by atoms with Crippen molar-refractivity contribution in [2.45, 2.75) is 32.8 Å². The molecule has 1 aromatic heterocycles. The lowest BCUT2D eigenvalue weighted by Crippen LogP contribution is -2.21. The molecule has 6 nitrogen and oxygen atoms in total. The van der Waals surface area contributed by atoms with Crippen LogP contribution in [0.4, 0.5) is 16.3 Å². The van der Waals surface area contributed by atoms with E-state index >= 15 is 0 Å². The van der Waals surface area contributed by atoms with Crippen LogP contribution >= 0.6 is 0 Å². The lowest BCUT2D eigenvalue weighted by molar-refractivity contribution is 0.262. The molecule has 0 bridgehead atoms. The van der Waals surface area contributed by atoms with Gasteiger partial charge in [-0.1, -0.05) is 69.3 Å². The first-order valence-electron chi connectivity index (χ1n) is 10.9. The van der Waals surface area contributed by atoms with Crippen LogP contribution in [0.3, 0.4) is 0 Å². The summed E-state index contributed by atoms with van der Waals surface area (Å²) in [7, 11) is 0. The van der Waals surface area contributed by atoms with Crippen molar-refractivity contribution in [1.29, 1.82) is 0 Å². The van der Waals surface area contributed by atoms with Gasteiger partial charge in [0.25, 0.3) is 0 Å². The maximum Gasteiger partial charge on any atom is 0.324 e. The highest BCUT2D eigenvalue weighted by Gasteiger charge is 2.21. The lowest BCUT2D eigenvalue weighted by Gasteiger charge is -2.14. The van der Waals surface area contributed by atoms with Crippen molar-refractivity contribution in [2.24, 2.45) is 0 Å². The number of ether oxygens (including phenoxy) is 1. The van der Waals surface area contributed by atoms with Crippen LogP contribution < -0.4 is 15.4 Å². The number of para-hydroxylation sites is 1. The third-order valence-corrected chi connectivity index (χ3v) is 5.08. The standard InChI is InChI=1S/C27H28N4O2/c1-27(2,3)24-18-25(31(30-24)22-12-8-5-9-13-22)29-26(32)28-21-14-16-23(17-15-21)33-19-20-10-6-4-7-11-20/h4-18H,19H2,1-3H3,(H2,28,29,32). The van der Waals surface area contributed by atoms with E-state index in [0.717, 1.165) is 22.7 Å². The van der Waals surface area contributed by atoms with Crippen LogP contribution in [-0.2, 0) is 12.0 Å². The Balaban J connectivity index is 1.43. The number of carbonyl (C=O) groups is 1. The van der Waals surface area contributed by atoms with Crippen LogP contribution in [0.1, 0.15) is 32.0 Å². The maximum atomic E-state index is 12.7. The minimum absolute atomic E-state index is 0.150. The fourth-order valence-corrected chi connectivity index (χ4v) is 3.26. The highest BCUT2D eigenvalue weighted by atomic mass is 16.5. The molecule has 4 aromatic rings. The molecule has 0 unspecified atom stereocenters. The highest BCUT2D eigenvalue weighted by molar-refractivity contribution is 5.99. The predicted octanol–water partition coefficient (Wildman–Crippen LogP) is 6.39. The minimum atomic E-state index is -0.342. The van der Waals surface area contributed by atoms with Crippen molar-refractivity contribution in [3.05, 3.63) is 102 Å². The molecule has 6 heteroatoms. The van der Waals surface area contributed by atoms with Gasteiger partial charge >= 0.3 is 6.03 Å². The summed E-state index contributed by atoms with van der Waals surface area (Å²) in [5.74, 6) is 1.34. The average Bonchev–Trinajstić information content (AvgIpc) is 3.24. The molecule has 0 aliphatic heterocycles. The van der Waals surface area contributed by atoms with E-state index in [1.165, 1.54) is 0 Å². The average molecular weight is 441 g/mol. The van der Waals surface area contributed by atoms with Gasteiger partial charge < -0.3 is 10.1 Å². The first-order valence-corrected chi connectivity index (χ1v) is 10.9. The first-order chi connectivity index (χ1) is 15.9. The summed E-state index contributed by atoms with van der Waals surface area (Å²) in [4.78, 5) is 12.7. The second kappa shape index (κ2) is 9.61. The second-order valence-electron chi connectivity index (χ2n) is 8.79. The molecule has 2 N–H and O–H groups in total. The summed E-state index contributed by atoms with van der Waals surface area (Å²) >= 11 is 0. The Kier molecular flexibility index (Phi) is 6.45. The summed E-state index contributed by atoms with van der Waals surface area (Å²) in [5, 5.41) is 10.5. The van der Waals surface area contributed by atoms with E-state index in [4.69, 9.17) is 9.84 Å². The van der Waals surface area contributed by atoms with Crippen LogP contribution in [0.5, 0.6) is 5.75 Å². The molecule has 0 aliphatic rings. The molecule has 0 fully saturated rings. The maximum absolute atomic E-state index is 12.7. The van der Waals surface area contributed by atoms with E-state index in [-0.39, 0.29) is 11.4 Å². The van der Waals surface area contributed by atoms with Crippen molar-refractivity contribution in [3.63, 3.8) is 0 Å². The summed E-state index contributed by atoms with van der Waals surface area (Å²) in [6.45, 7) is 6.77. The second-order valence-corrected chi connectivity index (χ2v) is 8.79. The van der Waals surface area contributed by atoms with Gasteiger partial charge in [0.05, 0.1) is 11.4 Å². The lowest BCUT2D eigenvalue weighted by atomic mass is 9.92. The molecule has 0 atom stereocenters. The summed E-state index contributed by atoms with van der Waals surface area (Å²) in [6.07, 6.45) is 0. The van der Waals surface area contributed by atoms with Gasteiger partial charge in [-0.3, -0.25) is 5.32 Å².